The average molecular weight is 298 g/mol. The van der Waals surface area contributed by atoms with Crippen LogP contribution in [0.25, 0.3) is 0 Å². The molecule has 1 aliphatic carbocycles. The van der Waals surface area contributed by atoms with Gasteiger partial charge in [-0.1, -0.05) is 6.42 Å². The molecule has 1 saturated carbocycles. The van der Waals surface area contributed by atoms with E-state index >= 15 is 0 Å². The van der Waals surface area contributed by atoms with Crippen molar-refractivity contribution >= 4 is 23.8 Å². The molecule has 112 valence electrons. The SMILES string of the molecule is O=C(O)CC1CSCCN1C(=O)N1CC2CCCC2C1. The maximum atomic E-state index is 12.7. The number of carbonyl (C=O) groups is 2. The van der Waals surface area contributed by atoms with Gasteiger partial charge < -0.3 is 14.9 Å². The smallest absolute Gasteiger partial charge is 0.320 e. The van der Waals surface area contributed by atoms with E-state index in [1.165, 1.54) is 19.3 Å². The zero-order valence-electron chi connectivity index (χ0n) is 11.7. The van der Waals surface area contributed by atoms with Crippen molar-refractivity contribution in [2.24, 2.45) is 11.8 Å². The number of nitrogens with zero attached hydrogens (tertiary/aromatic N) is 2. The highest BCUT2D eigenvalue weighted by Gasteiger charge is 2.41. The zero-order valence-corrected chi connectivity index (χ0v) is 12.5. The number of aliphatic carboxylic acids is 1. The van der Waals surface area contributed by atoms with Crippen LogP contribution in [0, 0.1) is 11.8 Å². The molecule has 0 spiro atoms. The van der Waals surface area contributed by atoms with Gasteiger partial charge in [0.2, 0.25) is 0 Å². The monoisotopic (exact) mass is 298 g/mol. The Balaban J connectivity index is 1.64. The van der Waals surface area contributed by atoms with Crippen LogP contribution < -0.4 is 0 Å². The molecule has 2 aliphatic heterocycles. The summed E-state index contributed by atoms with van der Waals surface area (Å²) in [6, 6.07) is -0.0647. The lowest BCUT2D eigenvalue weighted by atomic mass is 10.0. The number of hydrogen-bond donors (Lipinski definition) is 1. The molecular formula is C14H22N2O3S. The lowest BCUT2D eigenvalue weighted by Crippen LogP contribution is -2.52. The molecule has 3 atom stereocenters. The first kappa shape index (κ1) is 14.0. The summed E-state index contributed by atoms with van der Waals surface area (Å²) in [6.45, 7) is 2.45. The van der Waals surface area contributed by atoms with Gasteiger partial charge in [-0.05, 0) is 24.7 Å². The minimum Gasteiger partial charge on any atom is -0.481 e. The van der Waals surface area contributed by atoms with Crippen molar-refractivity contribution < 1.29 is 14.7 Å². The Morgan fingerprint density at radius 3 is 2.55 bits per heavy atom. The summed E-state index contributed by atoms with van der Waals surface area (Å²) in [5.74, 6) is 2.24. The second kappa shape index (κ2) is 5.84. The number of carbonyl (C=O) groups excluding carboxylic acids is 1. The molecule has 0 aromatic rings. The summed E-state index contributed by atoms with van der Waals surface area (Å²) >= 11 is 1.75. The minimum absolute atomic E-state index is 0.0689. The summed E-state index contributed by atoms with van der Waals surface area (Å²) in [5, 5.41) is 9.00. The van der Waals surface area contributed by atoms with E-state index in [0.29, 0.717) is 18.4 Å². The highest BCUT2D eigenvalue weighted by molar-refractivity contribution is 7.99. The molecule has 2 amide bonds. The summed E-state index contributed by atoms with van der Waals surface area (Å²) < 4.78 is 0. The highest BCUT2D eigenvalue weighted by Crippen LogP contribution is 2.38. The Morgan fingerprint density at radius 1 is 1.20 bits per heavy atom. The van der Waals surface area contributed by atoms with Gasteiger partial charge in [-0.15, -0.1) is 0 Å². The predicted octanol–water partition coefficient (Wildman–Crippen LogP) is 1.73. The van der Waals surface area contributed by atoms with E-state index in [4.69, 9.17) is 5.11 Å². The van der Waals surface area contributed by atoms with Crippen LogP contribution in [-0.4, -0.2) is 64.1 Å². The fourth-order valence-electron chi connectivity index (χ4n) is 3.85. The molecule has 3 unspecified atom stereocenters. The number of urea groups is 1. The summed E-state index contributed by atoms with van der Waals surface area (Å²) in [7, 11) is 0. The molecule has 3 fully saturated rings. The first-order valence-corrected chi connectivity index (χ1v) is 8.65. The van der Waals surface area contributed by atoms with Crippen molar-refractivity contribution in [1.82, 2.24) is 9.80 Å². The number of carboxylic acid groups (broad SMARTS) is 1. The standard InChI is InChI=1S/C14H22N2O3S/c17-13(18)6-12-9-20-5-4-16(12)14(19)15-7-10-2-1-3-11(10)8-15/h10-12H,1-9H2,(H,17,18). The Bertz CT molecular complexity index is 392. The van der Waals surface area contributed by atoms with Crippen LogP contribution in [0.5, 0.6) is 0 Å². The van der Waals surface area contributed by atoms with E-state index in [1.807, 2.05) is 9.80 Å². The van der Waals surface area contributed by atoms with Crippen LogP contribution in [0.3, 0.4) is 0 Å². The van der Waals surface area contributed by atoms with Crippen molar-refractivity contribution in [3.63, 3.8) is 0 Å². The second-order valence-corrected chi connectivity index (χ2v) is 7.31. The van der Waals surface area contributed by atoms with Crippen LogP contribution >= 0.6 is 11.8 Å². The van der Waals surface area contributed by atoms with Crippen molar-refractivity contribution in [2.45, 2.75) is 31.7 Å². The Morgan fingerprint density at radius 2 is 1.90 bits per heavy atom. The zero-order chi connectivity index (χ0) is 14.1. The van der Waals surface area contributed by atoms with Gasteiger partial charge in [0.05, 0.1) is 12.5 Å². The van der Waals surface area contributed by atoms with Crippen LogP contribution in [-0.2, 0) is 4.79 Å². The Kier molecular flexibility index (Phi) is 4.10. The van der Waals surface area contributed by atoms with Gasteiger partial charge in [-0.2, -0.15) is 11.8 Å². The van der Waals surface area contributed by atoms with Crippen molar-refractivity contribution in [2.75, 3.05) is 31.1 Å². The topological polar surface area (TPSA) is 60.9 Å². The number of thioether (sulfide) groups is 1. The quantitative estimate of drug-likeness (QED) is 0.843. The first-order chi connectivity index (χ1) is 9.65. The molecule has 3 rings (SSSR count). The molecule has 2 heterocycles. The summed E-state index contributed by atoms with van der Waals surface area (Å²) in [5.41, 5.74) is 0. The average Bonchev–Trinajstić information content (AvgIpc) is 2.98. The number of carboxylic acids is 1. The van der Waals surface area contributed by atoms with Gasteiger partial charge in [-0.3, -0.25) is 4.79 Å². The van der Waals surface area contributed by atoms with Gasteiger partial charge in [0.1, 0.15) is 0 Å². The number of rotatable bonds is 2. The Hall–Kier alpha value is -0.910. The summed E-state index contributed by atoms with van der Waals surface area (Å²) in [6.07, 6.45) is 3.88. The van der Waals surface area contributed by atoms with Gasteiger partial charge >= 0.3 is 12.0 Å². The van der Waals surface area contributed by atoms with Gasteiger partial charge in [-0.25, -0.2) is 4.79 Å². The number of fused-ring (bicyclic) bond motifs is 1. The fourth-order valence-corrected chi connectivity index (χ4v) is 4.91. The number of amides is 2. The van der Waals surface area contributed by atoms with Crippen LogP contribution in [0.2, 0.25) is 0 Å². The number of hydrogen-bond acceptors (Lipinski definition) is 3. The largest absolute Gasteiger partial charge is 0.481 e. The maximum absolute atomic E-state index is 12.7. The van der Waals surface area contributed by atoms with E-state index < -0.39 is 5.97 Å². The van der Waals surface area contributed by atoms with Crippen LogP contribution in [0.4, 0.5) is 4.79 Å². The van der Waals surface area contributed by atoms with Crippen molar-refractivity contribution in [3.8, 4) is 0 Å². The van der Waals surface area contributed by atoms with Crippen LogP contribution in [0.15, 0.2) is 0 Å². The molecular weight excluding hydrogens is 276 g/mol. The molecule has 0 aromatic carbocycles. The van der Waals surface area contributed by atoms with Gasteiger partial charge in [0.15, 0.2) is 0 Å². The van der Waals surface area contributed by atoms with E-state index in [0.717, 1.165) is 24.6 Å². The fraction of sp³-hybridized carbons (Fsp3) is 0.857. The molecule has 20 heavy (non-hydrogen) atoms. The number of likely N-dealkylation sites (tertiary alicyclic amines) is 1. The van der Waals surface area contributed by atoms with E-state index in [2.05, 4.69) is 0 Å². The first-order valence-electron chi connectivity index (χ1n) is 7.50. The maximum Gasteiger partial charge on any atom is 0.320 e. The molecule has 2 saturated heterocycles. The van der Waals surface area contributed by atoms with E-state index in [-0.39, 0.29) is 18.5 Å². The van der Waals surface area contributed by atoms with Gasteiger partial charge in [0.25, 0.3) is 0 Å². The van der Waals surface area contributed by atoms with E-state index in [9.17, 15) is 9.59 Å². The third kappa shape index (κ3) is 2.75. The second-order valence-electron chi connectivity index (χ2n) is 6.16. The van der Waals surface area contributed by atoms with E-state index in [1.54, 1.807) is 11.8 Å². The molecule has 5 nitrogen and oxygen atoms in total. The molecule has 0 aromatic heterocycles. The Labute approximate surface area is 123 Å². The van der Waals surface area contributed by atoms with Crippen molar-refractivity contribution in [3.05, 3.63) is 0 Å². The summed E-state index contributed by atoms with van der Waals surface area (Å²) in [4.78, 5) is 27.4. The normalized spacial score (nSPS) is 33.3. The lowest BCUT2D eigenvalue weighted by molar-refractivity contribution is -0.138. The third-order valence-corrected chi connectivity index (χ3v) is 5.97. The third-order valence-electron chi connectivity index (χ3n) is 4.88. The minimum atomic E-state index is -0.811. The van der Waals surface area contributed by atoms with Crippen molar-refractivity contribution in [1.29, 1.82) is 0 Å². The lowest BCUT2D eigenvalue weighted by Gasteiger charge is -2.37. The predicted molar refractivity (Wildman–Crippen MR) is 77.9 cm³/mol. The molecule has 1 N–H and O–H groups in total. The van der Waals surface area contributed by atoms with Gasteiger partial charge in [0, 0.05) is 31.1 Å². The van der Waals surface area contributed by atoms with Crippen LogP contribution in [0.1, 0.15) is 25.7 Å². The molecule has 3 aliphatic rings. The molecule has 6 heteroatoms. The molecule has 0 radical (unpaired) electrons. The molecule has 0 bridgehead atoms. The highest BCUT2D eigenvalue weighted by atomic mass is 32.2.